The minimum absolute atomic E-state index is 0.178. The molecule has 0 aliphatic carbocycles. The average molecular weight is 394 g/mol. The first-order valence-corrected chi connectivity index (χ1v) is 11.9. The number of piperidine rings is 1. The van der Waals surface area contributed by atoms with Gasteiger partial charge in [0.1, 0.15) is 0 Å². The van der Waals surface area contributed by atoms with E-state index in [2.05, 4.69) is 14.8 Å². The Balaban J connectivity index is 1.64. The molecule has 1 atom stereocenters. The molecule has 0 N–H and O–H groups in total. The lowest BCUT2D eigenvalue weighted by atomic mass is 9.97. The number of sulfone groups is 1. The number of nitrogens with zero attached hydrogens (tertiary/aromatic N) is 3. The van der Waals surface area contributed by atoms with Crippen LogP contribution < -0.4 is 4.90 Å². The molecule has 0 amide bonds. The van der Waals surface area contributed by atoms with Crippen LogP contribution in [0.1, 0.15) is 59.3 Å². The first-order chi connectivity index (χ1) is 12.8. The molecule has 5 nitrogen and oxygen atoms in total. The summed E-state index contributed by atoms with van der Waals surface area (Å²) in [7, 11) is -3.39. The van der Waals surface area contributed by atoms with Crippen LogP contribution in [0, 0.1) is 5.92 Å². The third-order valence-corrected chi connectivity index (χ3v) is 8.31. The van der Waals surface area contributed by atoms with Gasteiger partial charge in [0, 0.05) is 19.6 Å². The van der Waals surface area contributed by atoms with Gasteiger partial charge in [-0.2, -0.15) is 0 Å². The average Bonchev–Trinajstić information content (AvgIpc) is 2.90. The normalized spacial score (nSPS) is 23.2. The Hall–Kier alpha value is -1.14. The van der Waals surface area contributed by atoms with Crippen LogP contribution >= 0.6 is 0 Å². The second kappa shape index (κ2) is 8.48. The second-order valence-corrected chi connectivity index (χ2v) is 11.8. The summed E-state index contributed by atoms with van der Waals surface area (Å²) in [5.74, 6) is 0.690. The molecule has 0 bridgehead atoms. The highest BCUT2D eigenvalue weighted by Crippen LogP contribution is 2.27. The summed E-state index contributed by atoms with van der Waals surface area (Å²) in [5, 5.41) is 0.178. The molecule has 2 aliphatic rings. The fraction of sp³-hybridized carbons (Fsp3) is 0.762. The molecule has 1 aromatic heterocycles. The highest BCUT2D eigenvalue weighted by Gasteiger charge is 2.32. The van der Waals surface area contributed by atoms with E-state index in [9.17, 15) is 8.42 Å². The fourth-order valence-corrected chi connectivity index (χ4v) is 5.23. The number of hydrogen-bond acceptors (Lipinski definition) is 5. The first kappa shape index (κ1) is 20.6. The Morgan fingerprint density at radius 3 is 2.33 bits per heavy atom. The van der Waals surface area contributed by atoms with Crippen LogP contribution in [0.4, 0.5) is 5.69 Å². The van der Waals surface area contributed by atoms with Gasteiger partial charge in [0.05, 0.1) is 16.6 Å². The predicted molar refractivity (Wildman–Crippen MR) is 111 cm³/mol. The van der Waals surface area contributed by atoms with Gasteiger partial charge in [0.2, 0.25) is 0 Å². The monoisotopic (exact) mass is 393 g/mol. The molecule has 2 fully saturated rings. The lowest BCUT2D eigenvalue weighted by Gasteiger charge is -2.36. The maximum Gasteiger partial charge on any atom is 0.200 e. The van der Waals surface area contributed by atoms with E-state index in [-0.39, 0.29) is 5.03 Å². The predicted octanol–water partition coefficient (Wildman–Crippen LogP) is 3.75. The zero-order chi connectivity index (χ0) is 19.5. The summed E-state index contributed by atoms with van der Waals surface area (Å²) in [6, 6.07) is 3.61. The maximum absolute atomic E-state index is 12.6. The van der Waals surface area contributed by atoms with Crippen LogP contribution in [-0.2, 0) is 9.84 Å². The minimum atomic E-state index is -3.39. The van der Waals surface area contributed by atoms with E-state index in [0.717, 1.165) is 18.8 Å². The molecule has 27 heavy (non-hydrogen) atoms. The Kier molecular flexibility index (Phi) is 6.46. The topological polar surface area (TPSA) is 53.5 Å². The zero-order valence-electron chi connectivity index (χ0n) is 17.2. The highest BCUT2D eigenvalue weighted by molar-refractivity contribution is 7.92. The van der Waals surface area contributed by atoms with Crippen molar-refractivity contribution in [3.05, 3.63) is 18.3 Å². The summed E-state index contributed by atoms with van der Waals surface area (Å²) in [6.07, 6.45) is 9.66. The molecule has 6 heteroatoms. The van der Waals surface area contributed by atoms with Crippen LogP contribution in [0.3, 0.4) is 0 Å². The third-order valence-electron chi connectivity index (χ3n) is 5.90. The van der Waals surface area contributed by atoms with Gasteiger partial charge in [0.15, 0.2) is 14.9 Å². The molecule has 1 aromatic rings. The van der Waals surface area contributed by atoms with Crippen LogP contribution in [0.25, 0.3) is 0 Å². The number of aromatic nitrogens is 1. The van der Waals surface area contributed by atoms with Crippen molar-refractivity contribution in [3.8, 4) is 0 Å². The van der Waals surface area contributed by atoms with E-state index >= 15 is 0 Å². The van der Waals surface area contributed by atoms with Crippen molar-refractivity contribution in [2.45, 2.75) is 69.1 Å². The van der Waals surface area contributed by atoms with E-state index in [1.165, 1.54) is 58.2 Å². The summed E-state index contributed by atoms with van der Waals surface area (Å²) >= 11 is 0. The molecule has 3 rings (SSSR count). The van der Waals surface area contributed by atoms with Crippen LogP contribution in [0.15, 0.2) is 23.4 Å². The fourth-order valence-electron chi connectivity index (χ4n) is 4.16. The van der Waals surface area contributed by atoms with Crippen LogP contribution in [-0.4, -0.2) is 55.8 Å². The third kappa shape index (κ3) is 5.02. The largest absolute Gasteiger partial charge is 0.370 e. The molecule has 2 saturated heterocycles. The zero-order valence-corrected chi connectivity index (χ0v) is 18.0. The number of anilines is 1. The lowest BCUT2D eigenvalue weighted by Crippen LogP contribution is -2.41. The van der Waals surface area contributed by atoms with Gasteiger partial charge in [-0.1, -0.05) is 12.8 Å². The van der Waals surface area contributed by atoms with Crippen molar-refractivity contribution >= 4 is 15.5 Å². The molecule has 1 unspecified atom stereocenters. The molecule has 0 radical (unpaired) electrons. The highest BCUT2D eigenvalue weighted by atomic mass is 32.2. The Bertz CT molecular complexity index is 702. The van der Waals surface area contributed by atoms with E-state index in [4.69, 9.17) is 0 Å². The molecule has 0 aromatic carbocycles. The second-order valence-electron chi connectivity index (χ2n) is 9.14. The number of rotatable bonds is 4. The van der Waals surface area contributed by atoms with Gasteiger partial charge in [-0.25, -0.2) is 13.4 Å². The standard InChI is InChI=1S/C21H35N3O2S/c1-21(2,3)27(25,26)20-11-10-19(15-22-20)24-14-8-9-18(17-24)16-23-12-6-4-5-7-13-23/h10-11,15,18H,4-9,12-14,16-17H2,1-3H3. The Morgan fingerprint density at radius 1 is 1.04 bits per heavy atom. The van der Waals surface area contributed by atoms with Gasteiger partial charge >= 0.3 is 0 Å². The van der Waals surface area contributed by atoms with Crippen molar-refractivity contribution in [1.82, 2.24) is 9.88 Å². The minimum Gasteiger partial charge on any atom is -0.370 e. The van der Waals surface area contributed by atoms with Crippen molar-refractivity contribution < 1.29 is 8.42 Å². The van der Waals surface area contributed by atoms with E-state index in [0.29, 0.717) is 5.92 Å². The van der Waals surface area contributed by atoms with E-state index < -0.39 is 14.6 Å². The van der Waals surface area contributed by atoms with Crippen LogP contribution in [0.5, 0.6) is 0 Å². The molecule has 0 spiro atoms. The molecule has 2 aliphatic heterocycles. The number of pyridine rings is 1. The van der Waals surface area contributed by atoms with E-state index in [1.807, 2.05) is 6.07 Å². The maximum atomic E-state index is 12.6. The van der Waals surface area contributed by atoms with Gasteiger partial charge in [-0.15, -0.1) is 0 Å². The molecular weight excluding hydrogens is 358 g/mol. The molecular formula is C21H35N3O2S. The Morgan fingerprint density at radius 2 is 1.74 bits per heavy atom. The van der Waals surface area contributed by atoms with Gasteiger partial charge in [-0.3, -0.25) is 0 Å². The Labute approximate surface area is 165 Å². The molecule has 3 heterocycles. The quantitative estimate of drug-likeness (QED) is 0.780. The summed E-state index contributed by atoms with van der Waals surface area (Å²) in [6.45, 7) is 10.9. The van der Waals surface area contributed by atoms with Crippen molar-refractivity contribution in [3.63, 3.8) is 0 Å². The van der Waals surface area contributed by atoms with Gasteiger partial charge in [0.25, 0.3) is 0 Å². The molecule has 0 saturated carbocycles. The smallest absolute Gasteiger partial charge is 0.200 e. The van der Waals surface area contributed by atoms with Crippen molar-refractivity contribution in [2.24, 2.45) is 5.92 Å². The number of hydrogen-bond donors (Lipinski definition) is 0. The van der Waals surface area contributed by atoms with Crippen LogP contribution in [0.2, 0.25) is 0 Å². The summed E-state index contributed by atoms with van der Waals surface area (Å²) < 4.78 is 24.3. The van der Waals surface area contributed by atoms with Crippen molar-refractivity contribution in [2.75, 3.05) is 37.6 Å². The summed E-state index contributed by atoms with van der Waals surface area (Å²) in [5.41, 5.74) is 1.04. The number of likely N-dealkylation sites (tertiary alicyclic amines) is 1. The van der Waals surface area contributed by atoms with Crippen molar-refractivity contribution in [1.29, 1.82) is 0 Å². The molecule has 152 valence electrons. The lowest BCUT2D eigenvalue weighted by molar-refractivity contribution is 0.222. The SMILES string of the molecule is CC(C)(C)S(=O)(=O)c1ccc(N2CCCC(CN3CCCCCC3)C2)cn1. The summed E-state index contributed by atoms with van der Waals surface area (Å²) in [4.78, 5) is 9.34. The van der Waals surface area contributed by atoms with Gasteiger partial charge in [-0.05, 0) is 77.6 Å². The van der Waals surface area contributed by atoms with Gasteiger partial charge < -0.3 is 9.80 Å². The first-order valence-electron chi connectivity index (χ1n) is 10.5. The van der Waals surface area contributed by atoms with E-state index in [1.54, 1.807) is 33.0 Å².